The predicted octanol–water partition coefficient (Wildman–Crippen LogP) is 4.05. The van der Waals surface area contributed by atoms with Crippen LogP contribution >= 0.6 is 0 Å². The molecule has 1 aromatic heterocycles. The van der Waals surface area contributed by atoms with Crippen molar-refractivity contribution in [3.63, 3.8) is 0 Å². The van der Waals surface area contributed by atoms with E-state index in [-0.39, 0.29) is 11.8 Å². The summed E-state index contributed by atoms with van der Waals surface area (Å²) in [5, 5.41) is 8.73. The van der Waals surface area contributed by atoms with E-state index in [0.717, 1.165) is 16.8 Å². The predicted molar refractivity (Wildman–Crippen MR) is 123 cm³/mol. The number of hydrogen-bond donors (Lipinski definition) is 3. The largest absolute Gasteiger partial charge is 0.326 e. The molecular weight excluding hydrogens is 390 g/mol. The molecule has 0 aliphatic heterocycles. The molecule has 0 spiro atoms. The Balaban J connectivity index is 1.78. The van der Waals surface area contributed by atoms with E-state index in [1.54, 1.807) is 36.7 Å². The zero-order valence-electron chi connectivity index (χ0n) is 17.8. The molecule has 158 valence electrons. The summed E-state index contributed by atoms with van der Waals surface area (Å²) in [6.45, 7) is 5.90. The van der Waals surface area contributed by atoms with E-state index in [9.17, 15) is 9.59 Å². The van der Waals surface area contributed by atoms with Crippen LogP contribution in [0.2, 0.25) is 0 Å². The van der Waals surface area contributed by atoms with Gasteiger partial charge in [-0.15, -0.1) is 0 Å². The van der Waals surface area contributed by atoms with Gasteiger partial charge in [-0.3, -0.25) is 19.9 Å². The van der Waals surface area contributed by atoms with Crippen molar-refractivity contribution in [3.8, 4) is 0 Å². The Bertz CT molecular complexity index is 1090. The summed E-state index contributed by atoms with van der Waals surface area (Å²) in [6.07, 6.45) is 3.41. The van der Waals surface area contributed by atoms with Gasteiger partial charge in [0.2, 0.25) is 11.9 Å². The van der Waals surface area contributed by atoms with Crippen molar-refractivity contribution in [1.29, 1.82) is 0 Å². The molecule has 7 nitrogen and oxygen atoms in total. The van der Waals surface area contributed by atoms with Crippen LogP contribution in [0.5, 0.6) is 0 Å². The Morgan fingerprint density at radius 3 is 2.19 bits per heavy atom. The quantitative estimate of drug-likeness (QED) is 0.433. The SMILES string of the molecule is CC(=O)Nc1ccc(C(=O)NC(=NCc2ccncc2)Nc2ccc(C)c(C)c2)cc1. The number of aromatic nitrogens is 1. The molecule has 2 amide bonds. The van der Waals surface area contributed by atoms with Crippen LogP contribution in [0.4, 0.5) is 11.4 Å². The number of nitrogens with one attached hydrogen (secondary N) is 3. The average Bonchev–Trinajstić information content (AvgIpc) is 2.75. The number of guanidine groups is 1. The van der Waals surface area contributed by atoms with E-state index < -0.39 is 0 Å². The molecule has 0 unspecified atom stereocenters. The first-order valence-corrected chi connectivity index (χ1v) is 9.87. The zero-order valence-corrected chi connectivity index (χ0v) is 17.8. The molecule has 2 aromatic carbocycles. The van der Waals surface area contributed by atoms with E-state index in [1.807, 2.05) is 44.2 Å². The van der Waals surface area contributed by atoms with Crippen molar-refractivity contribution < 1.29 is 9.59 Å². The third kappa shape index (κ3) is 6.50. The summed E-state index contributed by atoms with van der Waals surface area (Å²) in [6, 6.07) is 16.4. The lowest BCUT2D eigenvalue weighted by Crippen LogP contribution is -2.36. The van der Waals surface area contributed by atoms with Crippen molar-refractivity contribution in [1.82, 2.24) is 10.3 Å². The van der Waals surface area contributed by atoms with E-state index in [4.69, 9.17) is 0 Å². The maximum atomic E-state index is 12.8. The molecule has 1 heterocycles. The van der Waals surface area contributed by atoms with Crippen LogP contribution in [-0.4, -0.2) is 22.8 Å². The number of aliphatic imine (C=N–C) groups is 1. The first kappa shape index (κ1) is 21.7. The number of benzene rings is 2. The average molecular weight is 415 g/mol. The fourth-order valence-electron chi connectivity index (χ4n) is 2.81. The first-order chi connectivity index (χ1) is 14.9. The summed E-state index contributed by atoms with van der Waals surface area (Å²) in [5.41, 5.74) is 5.21. The third-order valence-corrected chi connectivity index (χ3v) is 4.64. The number of aryl methyl sites for hydroxylation is 2. The zero-order chi connectivity index (χ0) is 22.2. The number of nitrogens with zero attached hydrogens (tertiary/aromatic N) is 2. The normalized spacial score (nSPS) is 11.0. The monoisotopic (exact) mass is 415 g/mol. The summed E-state index contributed by atoms with van der Waals surface area (Å²) in [7, 11) is 0. The molecule has 0 saturated heterocycles. The molecule has 3 aromatic rings. The highest BCUT2D eigenvalue weighted by molar-refractivity contribution is 6.10. The van der Waals surface area contributed by atoms with Gasteiger partial charge >= 0.3 is 0 Å². The molecule has 7 heteroatoms. The highest BCUT2D eigenvalue weighted by Crippen LogP contribution is 2.15. The van der Waals surface area contributed by atoms with Gasteiger partial charge in [0, 0.05) is 36.3 Å². The second-order valence-corrected chi connectivity index (χ2v) is 7.16. The lowest BCUT2D eigenvalue weighted by molar-refractivity contribution is -0.114. The van der Waals surface area contributed by atoms with Gasteiger partial charge in [0.1, 0.15) is 0 Å². The summed E-state index contributed by atoms with van der Waals surface area (Å²) in [5.74, 6) is -0.129. The van der Waals surface area contributed by atoms with E-state index in [0.29, 0.717) is 23.8 Å². The summed E-state index contributed by atoms with van der Waals surface area (Å²) >= 11 is 0. The maximum Gasteiger partial charge on any atom is 0.257 e. The number of anilines is 2. The number of hydrogen-bond acceptors (Lipinski definition) is 4. The van der Waals surface area contributed by atoms with Crippen LogP contribution in [0.1, 0.15) is 34.0 Å². The molecule has 0 fully saturated rings. The molecule has 0 aliphatic rings. The van der Waals surface area contributed by atoms with Crippen molar-refractivity contribution in [2.45, 2.75) is 27.3 Å². The Morgan fingerprint density at radius 2 is 1.55 bits per heavy atom. The van der Waals surface area contributed by atoms with Gasteiger partial charge in [-0.25, -0.2) is 4.99 Å². The second-order valence-electron chi connectivity index (χ2n) is 7.16. The van der Waals surface area contributed by atoms with Gasteiger partial charge in [0.15, 0.2) is 0 Å². The van der Waals surface area contributed by atoms with E-state index in [1.165, 1.54) is 12.5 Å². The van der Waals surface area contributed by atoms with Crippen molar-refractivity contribution in [3.05, 3.63) is 89.2 Å². The molecule has 0 radical (unpaired) electrons. The van der Waals surface area contributed by atoms with Gasteiger partial charge < -0.3 is 10.6 Å². The van der Waals surface area contributed by atoms with Crippen molar-refractivity contribution in [2.75, 3.05) is 10.6 Å². The van der Waals surface area contributed by atoms with Crippen molar-refractivity contribution >= 4 is 29.1 Å². The Kier molecular flexibility index (Phi) is 7.11. The van der Waals surface area contributed by atoms with Gasteiger partial charge in [-0.05, 0) is 79.1 Å². The Morgan fingerprint density at radius 1 is 0.871 bits per heavy atom. The van der Waals surface area contributed by atoms with Crippen molar-refractivity contribution in [2.24, 2.45) is 4.99 Å². The van der Waals surface area contributed by atoms with E-state index >= 15 is 0 Å². The molecule has 3 rings (SSSR count). The van der Waals surface area contributed by atoms with Crippen LogP contribution in [-0.2, 0) is 11.3 Å². The molecule has 0 bridgehead atoms. The standard InChI is InChI=1S/C24H25N5O2/c1-16-4-7-22(14-17(16)2)28-24(26-15-19-10-12-25-13-11-19)29-23(31)20-5-8-21(9-6-20)27-18(3)30/h4-14H,15H2,1-3H3,(H,27,30)(H2,26,28,29,31). The number of carbonyl (C=O) groups is 2. The molecular formula is C24H25N5O2. The van der Waals surface area contributed by atoms with Crippen LogP contribution in [0.3, 0.4) is 0 Å². The molecule has 0 aliphatic carbocycles. The van der Waals surface area contributed by atoms with Crippen LogP contribution in [0, 0.1) is 13.8 Å². The number of amides is 2. The lowest BCUT2D eigenvalue weighted by Gasteiger charge is -2.13. The first-order valence-electron chi connectivity index (χ1n) is 9.87. The van der Waals surface area contributed by atoms with Crippen LogP contribution < -0.4 is 16.0 Å². The smallest absolute Gasteiger partial charge is 0.257 e. The maximum absolute atomic E-state index is 12.8. The molecule has 3 N–H and O–H groups in total. The highest BCUT2D eigenvalue weighted by atomic mass is 16.2. The second kappa shape index (κ2) is 10.2. The minimum atomic E-state index is -0.306. The lowest BCUT2D eigenvalue weighted by atomic mass is 10.1. The fraction of sp³-hybridized carbons (Fsp3) is 0.167. The fourth-order valence-corrected chi connectivity index (χ4v) is 2.81. The minimum absolute atomic E-state index is 0.166. The number of rotatable bonds is 5. The Hall–Kier alpha value is -4.00. The van der Waals surface area contributed by atoms with E-state index in [2.05, 4.69) is 25.9 Å². The molecule has 31 heavy (non-hydrogen) atoms. The number of pyridine rings is 1. The van der Waals surface area contributed by atoms with Gasteiger partial charge in [0.05, 0.1) is 6.54 Å². The topological polar surface area (TPSA) is 95.5 Å². The van der Waals surface area contributed by atoms with Gasteiger partial charge in [-0.2, -0.15) is 0 Å². The number of carbonyl (C=O) groups excluding carboxylic acids is 2. The molecule has 0 saturated carbocycles. The van der Waals surface area contributed by atoms with Gasteiger partial charge in [0.25, 0.3) is 5.91 Å². The highest BCUT2D eigenvalue weighted by Gasteiger charge is 2.10. The van der Waals surface area contributed by atoms with Crippen LogP contribution in [0.25, 0.3) is 0 Å². The van der Waals surface area contributed by atoms with Gasteiger partial charge in [-0.1, -0.05) is 6.07 Å². The van der Waals surface area contributed by atoms with Crippen LogP contribution in [0.15, 0.2) is 72.0 Å². The molecule has 0 atom stereocenters. The minimum Gasteiger partial charge on any atom is -0.326 e. The summed E-state index contributed by atoms with van der Waals surface area (Å²) in [4.78, 5) is 32.5. The summed E-state index contributed by atoms with van der Waals surface area (Å²) < 4.78 is 0. The third-order valence-electron chi connectivity index (χ3n) is 4.64. The Labute approximate surface area is 181 Å².